The maximum atomic E-state index is 6.56. The van der Waals surface area contributed by atoms with E-state index in [2.05, 4.69) is 123 Å². The number of aryl methyl sites for hydroxylation is 1. The molecule has 3 nitrogen and oxygen atoms in total. The fourth-order valence-corrected chi connectivity index (χ4v) is 7.95. The minimum atomic E-state index is -0.120. The summed E-state index contributed by atoms with van der Waals surface area (Å²) in [5.41, 5.74) is 14.9. The Morgan fingerprint density at radius 1 is 0.480 bits per heavy atom. The van der Waals surface area contributed by atoms with E-state index >= 15 is 0 Å². The molecule has 0 radical (unpaired) electrons. The fraction of sp³-hybridized carbons (Fsp3) is 0.106. The summed E-state index contributed by atoms with van der Waals surface area (Å²) in [6.07, 6.45) is 0. The summed E-state index contributed by atoms with van der Waals surface area (Å²) >= 11 is 0. The third-order valence-corrected chi connectivity index (χ3v) is 10.6. The van der Waals surface area contributed by atoms with Crippen LogP contribution in [0.25, 0.3) is 43.4 Å². The Bertz CT molecular complexity index is 2570. The van der Waals surface area contributed by atoms with Crippen molar-refractivity contribution in [3.05, 3.63) is 179 Å². The fourth-order valence-electron chi connectivity index (χ4n) is 7.95. The number of hydrogen-bond acceptors (Lipinski definition) is 3. The Morgan fingerprint density at radius 2 is 1.06 bits per heavy atom. The van der Waals surface area contributed by atoms with Crippen molar-refractivity contribution in [2.45, 2.75) is 32.2 Å². The Balaban J connectivity index is 0.000000135. The van der Waals surface area contributed by atoms with E-state index in [1.165, 1.54) is 54.6 Å². The molecule has 3 heteroatoms. The highest BCUT2D eigenvalue weighted by Crippen LogP contribution is 2.58. The maximum Gasteiger partial charge on any atom is 0.178 e. The van der Waals surface area contributed by atoms with Crippen molar-refractivity contribution in [3.63, 3.8) is 0 Å². The van der Waals surface area contributed by atoms with Crippen LogP contribution in [0.15, 0.2) is 152 Å². The first-order valence-electron chi connectivity index (χ1n) is 17.3. The summed E-state index contributed by atoms with van der Waals surface area (Å²) in [7, 11) is 0. The van der Waals surface area contributed by atoms with E-state index in [1.54, 1.807) is 0 Å². The van der Waals surface area contributed by atoms with Crippen molar-refractivity contribution in [2.75, 3.05) is 0 Å². The maximum absolute atomic E-state index is 6.56. The second kappa shape index (κ2) is 11.6. The zero-order chi connectivity index (χ0) is 34.0. The molecule has 0 amide bonds. The Kier molecular flexibility index (Phi) is 7.01. The first-order chi connectivity index (χ1) is 24.4. The molecule has 0 spiro atoms. The van der Waals surface area contributed by atoms with Gasteiger partial charge in [-0.1, -0.05) is 147 Å². The third kappa shape index (κ3) is 4.69. The highest BCUT2D eigenvalue weighted by atomic mass is 16.6. The minimum absolute atomic E-state index is 0.0306. The number of para-hydroxylation sites is 1. The van der Waals surface area contributed by atoms with Gasteiger partial charge in [0.05, 0.1) is 6.04 Å². The molecule has 50 heavy (non-hydrogen) atoms. The van der Waals surface area contributed by atoms with Crippen LogP contribution in [-0.4, -0.2) is 0 Å². The summed E-state index contributed by atoms with van der Waals surface area (Å²) < 4.78 is 12.5. The molecule has 1 unspecified atom stereocenters. The second-order valence-corrected chi connectivity index (χ2v) is 13.9. The highest BCUT2D eigenvalue weighted by molar-refractivity contribution is 6.25. The number of ether oxygens (including phenoxy) is 2. The van der Waals surface area contributed by atoms with Gasteiger partial charge in [0.25, 0.3) is 0 Å². The van der Waals surface area contributed by atoms with Gasteiger partial charge in [-0.15, -0.1) is 0 Å². The Labute approximate surface area is 292 Å². The average Bonchev–Trinajstić information content (AvgIpc) is 3.41. The van der Waals surface area contributed by atoms with E-state index in [4.69, 9.17) is 15.2 Å². The Hall–Kier alpha value is -5.90. The predicted octanol–water partition coefficient (Wildman–Crippen LogP) is 12.4. The van der Waals surface area contributed by atoms with Gasteiger partial charge in [0.15, 0.2) is 23.0 Å². The third-order valence-electron chi connectivity index (χ3n) is 10.6. The molecule has 242 valence electrons. The first kappa shape index (κ1) is 30.2. The van der Waals surface area contributed by atoms with E-state index in [-0.39, 0.29) is 11.5 Å². The monoisotopic (exact) mass is 647 g/mol. The normalized spacial score (nSPS) is 14.0. The molecule has 10 rings (SSSR count). The van der Waals surface area contributed by atoms with E-state index < -0.39 is 0 Å². The molecule has 2 N–H and O–H groups in total. The van der Waals surface area contributed by atoms with Gasteiger partial charge in [0, 0.05) is 11.0 Å². The van der Waals surface area contributed by atoms with Crippen LogP contribution < -0.4 is 15.2 Å². The highest BCUT2D eigenvalue weighted by Gasteiger charge is 2.39. The molecule has 8 aromatic carbocycles. The lowest BCUT2D eigenvalue weighted by Gasteiger charge is -2.26. The van der Waals surface area contributed by atoms with Crippen LogP contribution in [-0.2, 0) is 5.41 Å². The van der Waals surface area contributed by atoms with Crippen LogP contribution in [0, 0.1) is 6.92 Å². The van der Waals surface area contributed by atoms with Crippen molar-refractivity contribution >= 4 is 32.3 Å². The standard InChI is InChI=1S/C25H19N.C22H18O2/c26-25(17-8-2-1-3-9-17)18-14-15-23-21-12-5-4-10-19(21)20-11-6-7-13-22(20)24(23)16-18;1-13-7-6-10-17-20(13)23-18-12-11-16-19(21(18)24-17)14-8-4-5-9-15(14)22(16,2)3/h1-16,25H,26H2;4-12H,1-3H3. The van der Waals surface area contributed by atoms with Gasteiger partial charge >= 0.3 is 0 Å². The van der Waals surface area contributed by atoms with Crippen LogP contribution in [0.2, 0.25) is 0 Å². The van der Waals surface area contributed by atoms with Crippen LogP contribution >= 0.6 is 0 Å². The molecule has 0 aromatic heterocycles. The SMILES string of the molecule is Cc1cccc2c1Oc1ccc3c(c1O2)-c1ccccc1C3(C)C.NC(c1ccccc1)c1ccc2c3ccccc3c3ccccc3c2c1. The largest absolute Gasteiger partial charge is 0.449 e. The van der Waals surface area contributed by atoms with Gasteiger partial charge in [-0.2, -0.15) is 0 Å². The lowest BCUT2D eigenvalue weighted by atomic mass is 9.82. The summed E-state index contributed by atoms with van der Waals surface area (Å²) in [5, 5.41) is 7.72. The lowest BCUT2D eigenvalue weighted by Crippen LogP contribution is -2.15. The molecule has 1 aliphatic carbocycles. The topological polar surface area (TPSA) is 44.5 Å². The molecule has 0 saturated heterocycles. The van der Waals surface area contributed by atoms with Gasteiger partial charge in [0.1, 0.15) is 0 Å². The van der Waals surface area contributed by atoms with Gasteiger partial charge in [-0.3, -0.25) is 0 Å². The Morgan fingerprint density at radius 3 is 1.78 bits per heavy atom. The number of hydrogen-bond donors (Lipinski definition) is 1. The smallest absolute Gasteiger partial charge is 0.178 e. The quantitative estimate of drug-likeness (QED) is 0.190. The molecule has 1 atom stereocenters. The number of fused-ring (bicyclic) bond motifs is 12. The van der Waals surface area contributed by atoms with Crippen molar-refractivity contribution < 1.29 is 9.47 Å². The average molecular weight is 648 g/mol. The zero-order valence-electron chi connectivity index (χ0n) is 28.4. The molecular formula is C47H37NO2. The van der Waals surface area contributed by atoms with Crippen molar-refractivity contribution in [1.29, 1.82) is 0 Å². The summed E-state index contributed by atoms with van der Waals surface area (Å²) in [4.78, 5) is 0. The summed E-state index contributed by atoms with van der Waals surface area (Å²) in [6.45, 7) is 6.58. The second-order valence-electron chi connectivity index (χ2n) is 13.9. The molecule has 0 saturated carbocycles. The molecule has 2 aliphatic rings. The number of nitrogens with two attached hydrogens (primary N) is 1. The van der Waals surface area contributed by atoms with Gasteiger partial charge < -0.3 is 15.2 Å². The van der Waals surface area contributed by atoms with Gasteiger partial charge in [0.2, 0.25) is 0 Å². The first-order valence-corrected chi connectivity index (χ1v) is 17.3. The van der Waals surface area contributed by atoms with Crippen LogP contribution in [0.5, 0.6) is 23.0 Å². The van der Waals surface area contributed by atoms with E-state index in [9.17, 15) is 0 Å². The lowest BCUT2D eigenvalue weighted by molar-refractivity contribution is 0.358. The molecule has 0 bridgehead atoms. The van der Waals surface area contributed by atoms with Crippen molar-refractivity contribution in [2.24, 2.45) is 5.73 Å². The number of rotatable bonds is 2. The van der Waals surface area contributed by atoms with E-state index in [1.807, 2.05) is 49.4 Å². The number of benzene rings is 8. The summed E-state index contributed by atoms with van der Waals surface area (Å²) in [5.74, 6) is 3.24. The minimum Gasteiger partial charge on any atom is -0.449 e. The molecule has 1 aliphatic heterocycles. The van der Waals surface area contributed by atoms with E-state index in [0.29, 0.717) is 0 Å². The molecular weight excluding hydrogens is 611 g/mol. The van der Waals surface area contributed by atoms with E-state index in [0.717, 1.165) is 39.7 Å². The predicted molar refractivity (Wildman–Crippen MR) is 207 cm³/mol. The van der Waals surface area contributed by atoms with Crippen LogP contribution in [0.1, 0.15) is 47.7 Å². The molecule has 8 aromatic rings. The van der Waals surface area contributed by atoms with Crippen molar-refractivity contribution in [3.8, 4) is 34.1 Å². The van der Waals surface area contributed by atoms with Crippen LogP contribution in [0.3, 0.4) is 0 Å². The zero-order valence-corrected chi connectivity index (χ0v) is 28.4. The van der Waals surface area contributed by atoms with Gasteiger partial charge in [-0.25, -0.2) is 0 Å². The van der Waals surface area contributed by atoms with Crippen LogP contribution in [0.4, 0.5) is 0 Å². The molecule has 1 heterocycles. The van der Waals surface area contributed by atoms with Crippen molar-refractivity contribution in [1.82, 2.24) is 0 Å². The summed E-state index contributed by atoms with van der Waals surface area (Å²) in [6, 6.07) is 52.9. The van der Waals surface area contributed by atoms with Gasteiger partial charge in [-0.05, 0) is 90.8 Å². The molecule has 0 fully saturated rings.